The van der Waals surface area contributed by atoms with E-state index in [-0.39, 0.29) is 0 Å². The van der Waals surface area contributed by atoms with E-state index in [1.54, 1.807) is 0 Å². The predicted molar refractivity (Wildman–Crippen MR) is 71.4 cm³/mol. The fourth-order valence-corrected chi connectivity index (χ4v) is 2.33. The van der Waals surface area contributed by atoms with E-state index in [2.05, 4.69) is 49.3 Å². The number of rotatable bonds is 5. The highest BCUT2D eigenvalue weighted by atomic mass is 32.1. The average molecular weight is 241 g/mol. The smallest absolute Gasteiger partial charge is 0.177 e. The molecule has 0 radical (unpaired) electrons. The third-order valence-electron chi connectivity index (χ3n) is 2.91. The van der Waals surface area contributed by atoms with Crippen molar-refractivity contribution in [2.24, 2.45) is 5.92 Å². The van der Waals surface area contributed by atoms with Crippen LogP contribution in [0.5, 0.6) is 0 Å². The molecule has 0 aliphatic carbocycles. The van der Waals surface area contributed by atoms with Gasteiger partial charge in [0, 0.05) is 18.4 Å². The molecular weight excluding hydrogens is 218 g/mol. The maximum Gasteiger partial charge on any atom is 0.177 e. The molecule has 1 atom stereocenters. The summed E-state index contributed by atoms with van der Waals surface area (Å²) in [5.74, 6) is 0.579. The monoisotopic (exact) mass is 241 g/mol. The zero-order chi connectivity index (χ0) is 12.3. The molecule has 0 saturated heterocycles. The lowest BCUT2D eigenvalue weighted by atomic mass is 10.0. The maximum absolute atomic E-state index is 5.38. The van der Waals surface area contributed by atoms with Gasteiger partial charge in [0.25, 0.3) is 0 Å². The van der Waals surface area contributed by atoms with Crippen LogP contribution in [0.4, 0.5) is 0 Å². The highest BCUT2D eigenvalue weighted by molar-refractivity contribution is 7.71. The van der Waals surface area contributed by atoms with Crippen LogP contribution in [0.25, 0.3) is 0 Å². The minimum Gasteiger partial charge on any atom is -0.337 e. The van der Waals surface area contributed by atoms with Crippen LogP contribution < -0.4 is 0 Å². The van der Waals surface area contributed by atoms with Crippen molar-refractivity contribution in [1.82, 2.24) is 14.5 Å². The Morgan fingerprint density at radius 1 is 1.44 bits per heavy atom. The van der Waals surface area contributed by atoms with Crippen molar-refractivity contribution in [3.05, 3.63) is 16.7 Å². The van der Waals surface area contributed by atoms with Crippen molar-refractivity contribution in [1.29, 1.82) is 0 Å². The third kappa shape index (κ3) is 2.95. The molecular formula is C12H23N3S. The predicted octanol–water partition coefficient (Wildman–Crippen LogP) is 2.87. The van der Waals surface area contributed by atoms with Gasteiger partial charge in [-0.05, 0) is 38.7 Å². The van der Waals surface area contributed by atoms with Crippen molar-refractivity contribution in [3.8, 4) is 0 Å². The lowest BCUT2D eigenvalue weighted by molar-refractivity contribution is 0.264. The van der Waals surface area contributed by atoms with Crippen LogP contribution in [0, 0.1) is 10.7 Å². The SMILES string of the molecule is CCc1c[nH]c(=S)n1C(CN(C)C)C(C)C. The summed E-state index contributed by atoms with van der Waals surface area (Å²) in [4.78, 5) is 5.38. The summed E-state index contributed by atoms with van der Waals surface area (Å²) in [5.41, 5.74) is 1.30. The molecule has 0 spiro atoms. The van der Waals surface area contributed by atoms with E-state index in [1.807, 2.05) is 6.20 Å². The number of hydrogen-bond acceptors (Lipinski definition) is 2. The summed E-state index contributed by atoms with van der Waals surface area (Å²) in [6, 6.07) is 0.448. The molecule has 4 heteroatoms. The van der Waals surface area contributed by atoms with E-state index in [4.69, 9.17) is 12.2 Å². The topological polar surface area (TPSA) is 24.0 Å². The normalized spacial score (nSPS) is 13.7. The van der Waals surface area contributed by atoms with Gasteiger partial charge in [0.1, 0.15) is 0 Å². The van der Waals surface area contributed by atoms with Gasteiger partial charge in [-0.25, -0.2) is 0 Å². The molecule has 16 heavy (non-hydrogen) atoms. The third-order valence-corrected chi connectivity index (χ3v) is 3.22. The maximum atomic E-state index is 5.38. The van der Waals surface area contributed by atoms with Crippen LogP contribution in [0.1, 0.15) is 32.5 Å². The first kappa shape index (κ1) is 13.5. The lowest BCUT2D eigenvalue weighted by Gasteiger charge is -2.27. The molecule has 92 valence electrons. The average Bonchev–Trinajstić information content (AvgIpc) is 2.55. The Morgan fingerprint density at radius 3 is 2.50 bits per heavy atom. The molecule has 0 aliphatic heterocycles. The van der Waals surface area contributed by atoms with E-state index < -0.39 is 0 Å². The molecule has 0 aromatic carbocycles. The molecule has 1 aromatic heterocycles. The summed E-state index contributed by atoms with van der Waals surface area (Å²) in [6.07, 6.45) is 3.05. The molecule has 1 N–H and O–H groups in total. The van der Waals surface area contributed by atoms with Gasteiger partial charge in [-0.2, -0.15) is 0 Å². The standard InChI is InChI=1S/C12H23N3S/c1-6-10-7-13-12(16)15(10)11(9(2)3)8-14(4)5/h7,9,11H,6,8H2,1-5H3,(H,13,16). The van der Waals surface area contributed by atoms with Crippen LogP contribution >= 0.6 is 12.2 Å². The van der Waals surface area contributed by atoms with Crippen LogP contribution in [0.2, 0.25) is 0 Å². The summed E-state index contributed by atoms with van der Waals surface area (Å²) < 4.78 is 3.12. The second kappa shape index (κ2) is 5.64. The van der Waals surface area contributed by atoms with E-state index in [0.717, 1.165) is 17.7 Å². The fraction of sp³-hybridized carbons (Fsp3) is 0.750. The molecule has 1 aromatic rings. The fourth-order valence-electron chi connectivity index (χ4n) is 2.02. The van der Waals surface area contributed by atoms with Crippen molar-refractivity contribution < 1.29 is 0 Å². The number of hydrogen-bond donors (Lipinski definition) is 1. The highest BCUT2D eigenvalue weighted by Gasteiger charge is 2.19. The van der Waals surface area contributed by atoms with Gasteiger partial charge >= 0.3 is 0 Å². The summed E-state index contributed by atoms with van der Waals surface area (Å²) in [6.45, 7) is 7.70. The Labute approximate surface area is 103 Å². The van der Waals surface area contributed by atoms with Crippen molar-refractivity contribution >= 4 is 12.2 Å². The first-order valence-corrected chi connectivity index (χ1v) is 6.31. The summed E-state index contributed by atoms with van der Waals surface area (Å²) in [5, 5.41) is 0. The zero-order valence-corrected chi connectivity index (χ0v) is 11.8. The molecule has 0 aliphatic rings. The number of nitrogens with one attached hydrogen (secondary N) is 1. The van der Waals surface area contributed by atoms with Crippen molar-refractivity contribution in [3.63, 3.8) is 0 Å². The second-order valence-corrected chi connectivity index (χ2v) is 5.27. The summed E-state index contributed by atoms with van der Waals surface area (Å²) >= 11 is 5.38. The number of aromatic amines is 1. The minimum atomic E-state index is 0.448. The Morgan fingerprint density at radius 2 is 2.06 bits per heavy atom. The highest BCUT2D eigenvalue weighted by Crippen LogP contribution is 2.21. The molecule has 3 nitrogen and oxygen atoms in total. The first-order valence-electron chi connectivity index (χ1n) is 5.90. The van der Waals surface area contributed by atoms with Gasteiger partial charge in [0.15, 0.2) is 4.77 Å². The van der Waals surface area contributed by atoms with Crippen LogP contribution in [0.15, 0.2) is 6.20 Å². The lowest BCUT2D eigenvalue weighted by Crippen LogP contribution is -2.29. The minimum absolute atomic E-state index is 0.448. The van der Waals surface area contributed by atoms with Crippen molar-refractivity contribution in [2.45, 2.75) is 33.2 Å². The summed E-state index contributed by atoms with van der Waals surface area (Å²) in [7, 11) is 4.22. The van der Waals surface area contributed by atoms with Crippen LogP contribution in [0.3, 0.4) is 0 Å². The van der Waals surface area contributed by atoms with E-state index in [0.29, 0.717) is 12.0 Å². The second-order valence-electron chi connectivity index (χ2n) is 4.88. The van der Waals surface area contributed by atoms with Crippen molar-refractivity contribution in [2.75, 3.05) is 20.6 Å². The Kier molecular flexibility index (Phi) is 4.74. The zero-order valence-electron chi connectivity index (χ0n) is 10.9. The van der Waals surface area contributed by atoms with Gasteiger partial charge in [-0.3, -0.25) is 0 Å². The number of nitrogens with zero attached hydrogens (tertiary/aromatic N) is 2. The van der Waals surface area contributed by atoms with Gasteiger partial charge < -0.3 is 14.5 Å². The van der Waals surface area contributed by atoms with Gasteiger partial charge in [-0.15, -0.1) is 0 Å². The van der Waals surface area contributed by atoms with Gasteiger partial charge in [0.05, 0.1) is 6.04 Å². The molecule has 1 unspecified atom stereocenters. The Bertz CT molecular complexity index is 376. The molecule has 0 amide bonds. The molecule has 1 heterocycles. The van der Waals surface area contributed by atoms with Crippen LogP contribution in [-0.2, 0) is 6.42 Å². The van der Waals surface area contributed by atoms with Crippen LogP contribution in [-0.4, -0.2) is 35.1 Å². The molecule has 0 saturated carbocycles. The Hall–Kier alpha value is -0.610. The number of H-pyrrole nitrogens is 1. The Balaban J connectivity index is 3.09. The van der Waals surface area contributed by atoms with Gasteiger partial charge in [0.2, 0.25) is 0 Å². The number of likely N-dealkylation sites (N-methyl/N-ethyl adjacent to an activating group) is 1. The number of aryl methyl sites for hydroxylation is 1. The van der Waals surface area contributed by atoms with Gasteiger partial charge in [-0.1, -0.05) is 20.8 Å². The van der Waals surface area contributed by atoms with E-state index >= 15 is 0 Å². The first-order chi connectivity index (χ1) is 7.47. The molecule has 1 rings (SSSR count). The van der Waals surface area contributed by atoms with E-state index in [9.17, 15) is 0 Å². The largest absolute Gasteiger partial charge is 0.337 e. The quantitative estimate of drug-likeness (QED) is 0.802. The molecule has 0 fully saturated rings. The van der Waals surface area contributed by atoms with E-state index in [1.165, 1.54) is 5.69 Å². The number of aromatic nitrogens is 2. The number of imidazole rings is 1. The molecule has 0 bridgehead atoms.